The number of ether oxygens (including phenoxy) is 1. The summed E-state index contributed by atoms with van der Waals surface area (Å²) < 4.78 is 6.26. The van der Waals surface area contributed by atoms with Crippen molar-refractivity contribution in [2.24, 2.45) is 10.3 Å². The predicted molar refractivity (Wildman–Crippen MR) is 76.8 cm³/mol. The molecule has 1 unspecified atom stereocenters. The Bertz CT molecular complexity index is 385. The Balaban J connectivity index is 2.03. The normalized spacial score (nSPS) is 29.8. The van der Waals surface area contributed by atoms with Gasteiger partial charge in [-0.25, -0.2) is 0 Å². The monoisotopic (exact) mass is 265 g/mol. The third kappa shape index (κ3) is 3.78. The van der Waals surface area contributed by atoms with Crippen LogP contribution in [0.25, 0.3) is 0 Å². The van der Waals surface area contributed by atoms with Crippen molar-refractivity contribution in [2.45, 2.75) is 77.5 Å². The standard InChI is InChI=1S/C15H27N3O/c1-12-10-14(2,3)18(17-16-12)11-13-8-6-7-9-15(4,5)19-13/h10,13H,6-9,11H2,1-5H3. The second kappa shape index (κ2) is 5.23. The molecule has 0 amide bonds. The highest BCUT2D eigenvalue weighted by Gasteiger charge is 2.32. The molecular weight excluding hydrogens is 238 g/mol. The molecule has 2 aliphatic rings. The predicted octanol–water partition coefficient (Wildman–Crippen LogP) is 4.09. The molecule has 1 fully saturated rings. The van der Waals surface area contributed by atoms with E-state index in [4.69, 9.17) is 4.74 Å². The van der Waals surface area contributed by atoms with Gasteiger partial charge in [0.05, 0.1) is 29.5 Å². The van der Waals surface area contributed by atoms with Gasteiger partial charge in [-0.05, 0) is 53.5 Å². The number of hydrogen-bond acceptors (Lipinski definition) is 4. The lowest BCUT2D eigenvalue weighted by Gasteiger charge is -2.38. The first-order valence-electron chi connectivity index (χ1n) is 7.35. The van der Waals surface area contributed by atoms with Gasteiger partial charge in [0.1, 0.15) is 0 Å². The molecule has 1 saturated heterocycles. The van der Waals surface area contributed by atoms with Gasteiger partial charge in [0.15, 0.2) is 0 Å². The Morgan fingerprint density at radius 2 is 2.05 bits per heavy atom. The van der Waals surface area contributed by atoms with Crippen LogP contribution in [0.5, 0.6) is 0 Å². The fourth-order valence-corrected chi connectivity index (χ4v) is 2.94. The summed E-state index contributed by atoms with van der Waals surface area (Å²) in [7, 11) is 0. The van der Waals surface area contributed by atoms with Crippen LogP contribution in [0, 0.1) is 0 Å². The van der Waals surface area contributed by atoms with Crippen molar-refractivity contribution in [1.29, 1.82) is 0 Å². The molecule has 4 heteroatoms. The summed E-state index contributed by atoms with van der Waals surface area (Å²) in [5, 5.41) is 10.6. The summed E-state index contributed by atoms with van der Waals surface area (Å²) in [6.45, 7) is 11.6. The van der Waals surface area contributed by atoms with E-state index >= 15 is 0 Å². The van der Waals surface area contributed by atoms with E-state index in [-0.39, 0.29) is 17.2 Å². The fraction of sp³-hybridized carbons (Fsp3) is 0.867. The minimum atomic E-state index is -0.0777. The van der Waals surface area contributed by atoms with E-state index in [2.05, 4.69) is 49.1 Å². The van der Waals surface area contributed by atoms with Gasteiger partial charge >= 0.3 is 0 Å². The number of hydrogen-bond donors (Lipinski definition) is 0. The van der Waals surface area contributed by atoms with Crippen molar-refractivity contribution >= 4 is 0 Å². The molecule has 0 saturated carbocycles. The first kappa shape index (κ1) is 14.5. The Morgan fingerprint density at radius 3 is 2.74 bits per heavy atom. The van der Waals surface area contributed by atoms with Gasteiger partial charge in [-0.3, -0.25) is 5.01 Å². The van der Waals surface area contributed by atoms with Crippen LogP contribution >= 0.6 is 0 Å². The van der Waals surface area contributed by atoms with Crippen LogP contribution in [0.4, 0.5) is 0 Å². The van der Waals surface area contributed by atoms with Gasteiger partial charge in [0.25, 0.3) is 0 Å². The highest BCUT2D eigenvalue weighted by molar-refractivity contribution is 5.10. The molecular formula is C15H27N3O. The molecule has 0 aromatic heterocycles. The zero-order valence-electron chi connectivity index (χ0n) is 12.9. The maximum atomic E-state index is 6.26. The fourth-order valence-electron chi connectivity index (χ4n) is 2.94. The first-order valence-corrected chi connectivity index (χ1v) is 7.35. The molecule has 0 aromatic carbocycles. The SMILES string of the molecule is CC1=CC(C)(C)N(CC2CCCCC(C)(C)O2)N=N1. The third-order valence-corrected chi connectivity index (χ3v) is 3.95. The van der Waals surface area contributed by atoms with Crippen molar-refractivity contribution < 1.29 is 4.74 Å². The van der Waals surface area contributed by atoms with Crippen LogP contribution in [0.3, 0.4) is 0 Å². The van der Waals surface area contributed by atoms with Crippen LogP contribution in [-0.2, 0) is 4.74 Å². The molecule has 0 bridgehead atoms. The van der Waals surface area contributed by atoms with Gasteiger partial charge in [-0.1, -0.05) is 18.1 Å². The molecule has 0 N–H and O–H groups in total. The molecule has 0 spiro atoms. The number of nitrogens with zero attached hydrogens (tertiary/aromatic N) is 3. The summed E-state index contributed by atoms with van der Waals surface area (Å²) >= 11 is 0. The average Bonchev–Trinajstić information content (AvgIpc) is 2.42. The van der Waals surface area contributed by atoms with Crippen LogP contribution in [0.1, 0.15) is 60.3 Å². The van der Waals surface area contributed by atoms with Crippen molar-refractivity contribution in [2.75, 3.05) is 6.54 Å². The summed E-state index contributed by atoms with van der Waals surface area (Å²) in [5.41, 5.74) is 0.902. The zero-order chi connectivity index (χ0) is 14.1. The van der Waals surface area contributed by atoms with Crippen molar-refractivity contribution in [1.82, 2.24) is 5.01 Å². The Labute approximate surface area is 116 Å². The van der Waals surface area contributed by atoms with Gasteiger partial charge in [0.2, 0.25) is 0 Å². The Kier molecular flexibility index (Phi) is 4.00. The molecule has 0 radical (unpaired) electrons. The van der Waals surface area contributed by atoms with Crippen molar-refractivity contribution in [3.05, 3.63) is 11.8 Å². The summed E-state index contributed by atoms with van der Waals surface area (Å²) in [5.74, 6) is 0. The van der Waals surface area contributed by atoms with E-state index in [1.165, 1.54) is 12.8 Å². The van der Waals surface area contributed by atoms with Crippen LogP contribution in [-0.4, -0.2) is 28.8 Å². The van der Waals surface area contributed by atoms with Crippen LogP contribution in [0.2, 0.25) is 0 Å². The van der Waals surface area contributed by atoms with E-state index in [0.29, 0.717) is 0 Å². The summed E-state index contributed by atoms with van der Waals surface area (Å²) in [4.78, 5) is 0. The molecule has 2 aliphatic heterocycles. The highest BCUT2D eigenvalue weighted by Crippen LogP contribution is 2.30. The minimum Gasteiger partial charge on any atom is -0.370 e. The second-order valence-corrected chi connectivity index (χ2v) is 6.96. The maximum absolute atomic E-state index is 6.26. The molecule has 0 aliphatic carbocycles. The topological polar surface area (TPSA) is 37.2 Å². The molecule has 108 valence electrons. The smallest absolute Gasteiger partial charge is 0.0775 e. The molecule has 2 rings (SSSR count). The number of rotatable bonds is 2. The average molecular weight is 265 g/mol. The number of allylic oxidation sites excluding steroid dienone is 1. The zero-order valence-corrected chi connectivity index (χ0v) is 12.9. The lowest BCUT2D eigenvalue weighted by Crippen LogP contribution is -2.45. The van der Waals surface area contributed by atoms with E-state index < -0.39 is 0 Å². The quantitative estimate of drug-likeness (QED) is 0.754. The van der Waals surface area contributed by atoms with E-state index in [1.807, 2.05) is 6.92 Å². The summed E-state index contributed by atoms with van der Waals surface area (Å²) in [6.07, 6.45) is 7.19. The van der Waals surface area contributed by atoms with E-state index in [1.54, 1.807) is 0 Å². The molecule has 1 atom stereocenters. The Hall–Kier alpha value is -0.900. The molecule has 19 heavy (non-hydrogen) atoms. The van der Waals surface area contributed by atoms with Crippen molar-refractivity contribution in [3.8, 4) is 0 Å². The lowest BCUT2D eigenvalue weighted by molar-refractivity contribution is -0.0860. The van der Waals surface area contributed by atoms with Gasteiger partial charge < -0.3 is 4.74 Å². The first-order chi connectivity index (χ1) is 8.78. The van der Waals surface area contributed by atoms with Crippen LogP contribution in [0.15, 0.2) is 22.1 Å². The van der Waals surface area contributed by atoms with E-state index in [9.17, 15) is 0 Å². The molecule has 4 nitrogen and oxygen atoms in total. The lowest BCUT2D eigenvalue weighted by atomic mass is 10.0. The van der Waals surface area contributed by atoms with Gasteiger partial charge in [-0.15, -0.1) is 5.11 Å². The minimum absolute atomic E-state index is 0.00993. The highest BCUT2D eigenvalue weighted by atomic mass is 16.5. The Morgan fingerprint density at radius 1 is 1.32 bits per heavy atom. The van der Waals surface area contributed by atoms with Crippen molar-refractivity contribution in [3.63, 3.8) is 0 Å². The molecule has 0 aromatic rings. The van der Waals surface area contributed by atoms with Crippen LogP contribution < -0.4 is 0 Å². The largest absolute Gasteiger partial charge is 0.370 e. The second-order valence-electron chi connectivity index (χ2n) is 6.96. The van der Waals surface area contributed by atoms with Gasteiger partial charge in [-0.2, -0.15) is 0 Å². The summed E-state index contributed by atoms with van der Waals surface area (Å²) in [6, 6.07) is 0. The maximum Gasteiger partial charge on any atom is 0.0775 e. The third-order valence-electron chi connectivity index (χ3n) is 3.95. The van der Waals surface area contributed by atoms with Gasteiger partial charge in [0, 0.05) is 0 Å². The van der Waals surface area contributed by atoms with E-state index in [0.717, 1.165) is 25.1 Å². The molecule has 2 heterocycles.